The second-order valence-corrected chi connectivity index (χ2v) is 7.68. The van der Waals surface area contributed by atoms with Crippen molar-refractivity contribution in [2.45, 2.75) is 32.2 Å². The molecule has 0 unspecified atom stereocenters. The summed E-state index contributed by atoms with van der Waals surface area (Å²) in [4.78, 5) is 2.32. The zero-order valence-electron chi connectivity index (χ0n) is 10.7. The van der Waals surface area contributed by atoms with Gasteiger partial charge in [-0.05, 0) is 31.7 Å². The standard InChI is InChI=1S/C12H24N2O2S/c1-2-7-17(15,16)8-6-14-9-11-4-3-5-13-12(11)10-14/h11-13H,2-10H2,1H3/t11-,12+/m0/s1. The van der Waals surface area contributed by atoms with Gasteiger partial charge in [-0.2, -0.15) is 0 Å². The molecule has 2 aliphatic heterocycles. The topological polar surface area (TPSA) is 49.4 Å². The normalized spacial score (nSPS) is 30.4. The molecule has 0 aromatic rings. The van der Waals surface area contributed by atoms with E-state index in [1.54, 1.807) is 0 Å². The Hall–Kier alpha value is -0.130. The number of rotatable bonds is 5. The van der Waals surface area contributed by atoms with Crippen LogP contribution in [0.3, 0.4) is 0 Å². The second-order valence-electron chi connectivity index (χ2n) is 5.37. The molecule has 0 saturated carbocycles. The largest absolute Gasteiger partial charge is 0.312 e. The van der Waals surface area contributed by atoms with E-state index in [9.17, 15) is 8.42 Å². The minimum absolute atomic E-state index is 0.334. The van der Waals surface area contributed by atoms with Crippen LogP contribution >= 0.6 is 0 Å². The molecule has 100 valence electrons. The van der Waals surface area contributed by atoms with Gasteiger partial charge in [0.05, 0.1) is 5.75 Å². The van der Waals surface area contributed by atoms with Gasteiger partial charge in [0.15, 0.2) is 9.84 Å². The first-order valence-electron chi connectivity index (χ1n) is 6.77. The highest BCUT2D eigenvalue weighted by molar-refractivity contribution is 7.91. The average Bonchev–Trinajstić information content (AvgIpc) is 2.69. The highest BCUT2D eigenvalue weighted by Crippen LogP contribution is 2.24. The van der Waals surface area contributed by atoms with Crippen LogP contribution in [0, 0.1) is 5.92 Å². The van der Waals surface area contributed by atoms with E-state index in [-0.39, 0.29) is 0 Å². The van der Waals surface area contributed by atoms with Gasteiger partial charge in [0.2, 0.25) is 0 Å². The van der Waals surface area contributed by atoms with Gasteiger partial charge in [-0.15, -0.1) is 0 Å². The van der Waals surface area contributed by atoms with Crippen LogP contribution in [0.2, 0.25) is 0 Å². The van der Waals surface area contributed by atoms with E-state index >= 15 is 0 Å². The maximum atomic E-state index is 11.7. The molecule has 2 aliphatic rings. The molecule has 0 bridgehead atoms. The van der Waals surface area contributed by atoms with Crippen LogP contribution in [0.1, 0.15) is 26.2 Å². The van der Waals surface area contributed by atoms with E-state index in [1.807, 2.05) is 6.92 Å². The third-order valence-electron chi connectivity index (χ3n) is 3.91. The molecular formula is C12H24N2O2S. The predicted molar refractivity (Wildman–Crippen MR) is 69.9 cm³/mol. The smallest absolute Gasteiger partial charge is 0.151 e. The van der Waals surface area contributed by atoms with Crippen molar-refractivity contribution in [3.05, 3.63) is 0 Å². The lowest BCUT2D eigenvalue weighted by Gasteiger charge is -2.24. The Balaban J connectivity index is 1.78. The molecule has 0 aromatic heterocycles. The van der Waals surface area contributed by atoms with Crippen molar-refractivity contribution in [3.8, 4) is 0 Å². The minimum Gasteiger partial charge on any atom is -0.312 e. The van der Waals surface area contributed by atoms with E-state index in [0.29, 0.717) is 17.5 Å². The summed E-state index contributed by atoms with van der Waals surface area (Å²) in [6.45, 7) is 5.89. The van der Waals surface area contributed by atoms with Crippen molar-refractivity contribution in [2.24, 2.45) is 5.92 Å². The summed E-state index contributed by atoms with van der Waals surface area (Å²) in [5.41, 5.74) is 0. The molecule has 2 fully saturated rings. The fraction of sp³-hybridized carbons (Fsp3) is 1.00. The molecule has 2 atom stereocenters. The Morgan fingerprint density at radius 2 is 2.12 bits per heavy atom. The first kappa shape index (κ1) is 13.3. The van der Waals surface area contributed by atoms with Gasteiger partial charge in [-0.1, -0.05) is 6.92 Å². The van der Waals surface area contributed by atoms with Gasteiger partial charge in [-0.3, -0.25) is 0 Å². The molecule has 4 nitrogen and oxygen atoms in total. The Morgan fingerprint density at radius 3 is 2.82 bits per heavy atom. The van der Waals surface area contributed by atoms with Crippen molar-refractivity contribution < 1.29 is 8.42 Å². The molecule has 2 saturated heterocycles. The predicted octanol–water partition coefficient (Wildman–Crippen LogP) is 0.495. The molecule has 0 spiro atoms. The number of nitrogens with zero attached hydrogens (tertiary/aromatic N) is 1. The van der Waals surface area contributed by atoms with Crippen LogP contribution in [-0.2, 0) is 9.84 Å². The number of sulfone groups is 1. The molecule has 17 heavy (non-hydrogen) atoms. The maximum absolute atomic E-state index is 11.7. The molecule has 0 aliphatic carbocycles. The molecule has 5 heteroatoms. The molecule has 2 heterocycles. The lowest BCUT2D eigenvalue weighted by atomic mass is 9.94. The minimum atomic E-state index is -2.81. The van der Waals surface area contributed by atoms with E-state index in [1.165, 1.54) is 12.8 Å². The van der Waals surface area contributed by atoms with Crippen molar-refractivity contribution in [3.63, 3.8) is 0 Å². The third kappa shape index (κ3) is 3.66. The molecule has 1 N–H and O–H groups in total. The Kier molecular flexibility index (Phi) is 4.44. The lowest BCUT2D eigenvalue weighted by molar-refractivity contribution is 0.331. The zero-order chi connectivity index (χ0) is 12.3. The zero-order valence-corrected chi connectivity index (χ0v) is 11.5. The first-order chi connectivity index (χ1) is 8.11. The molecular weight excluding hydrogens is 236 g/mol. The Morgan fingerprint density at radius 1 is 1.29 bits per heavy atom. The Labute approximate surface area is 105 Å². The van der Waals surface area contributed by atoms with Crippen molar-refractivity contribution >= 4 is 9.84 Å². The number of hydrogen-bond donors (Lipinski definition) is 1. The summed E-state index contributed by atoms with van der Waals surface area (Å²) in [7, 11) is -2.81. The van der Waals surface area contributed by atoms with Crippen LogP contribution in [0.4, 0.5) is 0 Å². The number of nitrogens with one attached hydrogen (secondary N) is 1. The van der Waals surface area contributed by atoms with Gasteiger partial charge in [0.25, 0.3) is 0 Å². The number of fused-ring (bicyclic) bond motifs is 1. The highest BCUT2D eigenvalue weighted by Gasteiger charge is 2.34. The summed E-state index contributed by atoms with van der Waals surface area (Å²) in [5, 5.41) is 3.54. The van der Waals surface area contributed by atoms with Crippen LogP contribution in [0.25, 0.3) is 0 Å². The average molecular weight is 260 g/mol. The molecule has 0 aromatic carbocycles. The van der Waals surface area contributed by atoms with Gasteiger partial charge in [0, 0.05) is 31.4 Å². The van der Waals surface area contributed by atoms with E-state index in [2.05, 4.69) is 10.2 Å². The van der Waals surface area contributed by atoms with Crippen LogP contribution in [0.15, 0.2) is 0 Å². The Bertz CT molecular complexity index is 328. The van der Waals surface area contributed by atoms with E-state index in [4.69, 9.17) is 0 Å². The SMILES string of the molecule is CCCS(=O)(=O)CCN1C[C@@H]2CCCN[C@@H]2C1. The van der Waals surface area contributed by atoms with Gasteiger partial charge < -0.3 is 10.2 Å². The maximum Gasteiger partial charge on any atom is 0.151 e. The first-order valence-corrected chi connectivity index (χ1v) is 8.59. The quantitative estimate of drug-likeness (QED) is 0.782. The number of piperidine rings is 1. The van der Waals surface area contributed by atoms with E-state index in [0.717, 1.165) is 38.5 Å². The van der Waals surface area contributed by atoms with Gasteiger partial charge in [-0.25, -0.2) is 8.42 Å². The summed E-state index contributed by atoms with van der Waals surface area (Å²) in [6, 6.07) is 0.609. The fourth-order valence-corrected chi connectivity index (χ4v) is 4.36. The highest BCUT2D eigenvalue weighted by atomic mass is 32.2. The summed E-state index contributed by atoms with van der Waals surface area (Å²) >= 11 is 0. The molecule has 0 amide bonds. The summed E-state index contributed by atoms with van der Waals surface area (Å²) in [5.74, 6) is 1.42. The van der Waals surface area contributed by atoms with E-state index < -0.39 is 9.84 Å². The monoisotopic (exact) mass is 260 g/mol. The summed E-state index contributed by atoms with van der Waals surface area (Å²) < 4.78 is 23.3. The fourth-order valence-electron chi connectivity index (χ4n) is 3.00. The van der Waals surface area contributed by atoms with Crippen molar-refractivity contribution in [1.82, 2.24) is 10.2 Å². The number of hydrogen-bond acceptors (Lipinski definition) is 4. The number of likely N-dealkylation sites (tertiary alicyclic amines) is 1. The van der Waals surface area contributed by atoms with Crippen LogP contribution in [-0.4, -0.2) is 57.0 Å². The van der Waals surface area contributed by atoms with Gasteiger partial charge >= 0.3 is 0 Å². The second kappa shape index (κ2) is 5.67. The van der Waals surface area contributed by atoms with Crippen LogP contribution in [0.5, 0.6) is 0 Å². The third-order valence-corrected chi connectivity index (χ3v) is 5.74. The molecule has 0 radical (unpaired) electrons. The van der Waals surface area contributed by atoms with Crippen molar-refractivity contribution in [2.75, 3.05) is 37.7 Å². The van der Waals surface area contributed by atoms with Gasteiger partial charge in [0.1, 0.15) is 0 Å². The lowest BCUT2D eigenvalue weighted by Crippen LogP contribution is -2.40. The van der Waals surface area contributed by atoms with Crippen molar-refractivity contribution in [1.29, 1.82) is 0 Å². The van der Waals surface area contributed by atoms with Crippen LogP contribution < -0.4 is 5.32 Å². The molecule has 2 rings (SSSR count). The summed E-state index contributed by atoms with van der Waals surface area (Å²) in [6.07, 6.45) is 3.30.